The lowest BCUT2D eigenvalue weighted by molar-refractivity contribution is -0.212. The van der Waals surface area contributed by atoms with E-state index in [1.165, 1.54) is 31.6 Å². The Hall–Kier alpha value is -3.26. The fourth-order valence-electron chi connectivity index (χ4n) is 4.22. The van der Waals surface area contributed by atoms with Crippen LogP contribution in [0, 0.1) is 11.6 Å². The van der Waals surface area contributed by atoms with E-state index in [2.05, 4.69) is 10.3 Å². The van der Waals surface area contributed by atoms with E-state index in [0.29, 0.717) is 16.0 Å². The van der Waals surface area contributed by atoms with E-state index < -0.39 is 59.3 Å². The maximum absolute atomic E-state index is 13.9. The van der Waals surface area contributed by atoms with Crippen molar-refractivity contribution in [2.24, 2.45) is 0 Å². The SMILES string of the molecule is CC(=O)OCC1O[C@H](Sc2ccc(Cl)c(Cl)c2)C(OC(C)=O)[C@@H](n2cc(-c3cc(F)cc(F)c3)nn2)[C@H]1OC(C)=O. The van der Waals surface area contributed by atoms with Crippen LogP contribution in [-0.2, 0) is 33.3 Å². The van der Waals surface area contributed by atoms with Crippen molar-refractivity contribution >= 4 is 52.9 Å². The number of carbonyl (C=O) groups excluding carboxylic acids is 3. The summed E-state index contributed by atoms with van der Waals surface area (Å²) in [6.45, 7) is 3.23. The van der Waals surface area contributed by atoms with Gasteiger partial charge in [-0.05, 0) is 30.3 Å². The average Bonchev–Trinajstić information content (AvgIpc) is 3.35. The van der Waals surface area contributed by atoms with Crippen molar-refractivity contribution in [2.45, 2.75) is 55.5 Å². The molecule has 41 heavy (non-hydrogen) atoms. The number of carbonyl (C=O) groups is 3. The average molecular weight is 630 g/mol. The number of thioether (sulfide) groups is 1. The van der Waals surface area contributed by atoms with Crippen molar-refractivity contribution in [2.75, 3.05) is 6.61 Å². The second kappa shape index (κ2) is 13.1. The Morgan fingerprint density at radius 1 is 0.951 bits per heavy atom. The number of rotatable bonds is 8. The fraction of sp³-hybridized carbons (Fsp3) is 0.346. The molecule has 2 unspecified atom stereocenters. The van der Waals surface area contributed by atoms with E-state index in [4.69, 9.17) is 42.1 Å². The smallest absolute Gasteiger partial charge is 0.303 e. The number of esters is 3. The van der Waals surface area contributed by atoms with Gasteiger partial charge in [-0.15, -0.1) is 5.10 Å². The highest BCUT2D eigenvalue weighted by Crippen LogP contribution is 2.42. The van der Waals surface area contributed by atoms with Crippen molar-refractivity contribution in [1.82, 2.24) is 15.0 Å². The number of nitrogens with zero attached hydrogens (tertiary/aromatic N) is 3. The molecule has 0 aliphatic carbocycles. The third-order valence-corrected chi connectivity index (χ3v) is 7.67. The molecule has 1 aromatic heterocycles. The molecule has 1 saturated heterocycles. The predicted molar refractivity (Wildman–Crippen MR) is 143 cm³/mol. The van der Waals surface area contributed by atoms with Gasteiger partial charge in [-0.25, -0.2) is 13.5 Å². The Labute approximate surface area is 247 Å². The van der Waals surface area contributed by atoms with Gasteiger partial charge in [0.15, 0.2) is 12.2 Å². The maximum Gasteiger partial charge on any atom is 0.303 e. The molecule has 218 valence electrons. The van der Waals surface area contributed by atoms with Crippen LogP contribution >= 0.6 is 35.0 Å². The van der Waals surface area contributed by atoms with Crippen LogP contribution in [0.15, 0.2) is 47.5 Å². The lowest BCUT2D eigenvalue weighted by atomic mass is 9.96. The topological polar surface area (TPSA) is 119 Å². The van der Waals surface area contributed by atoms with Gasteiger partial charge in [0.2, 0.25) is 0 Å². The quantitative estimate of drug-likeness (QED) is 0.248. The van der Waals surface area contributed by atoms with Gasteiger partial charge in [0.1, 0.15) is 41.5 Å². The lowest BCUT2D eigenvalue weighted by Gasteiger charge is -2.44. The molecule has 0 amide bonds. The van der Waals surface area contributed by atoms with Gasteiger partial charge in [-0.2, -0.15) is 0 Å². The van der Waals surface area contributed by atoms with E-state index in [1.807, 2.05) is 0 Å². The molecule has 10 nitrogen and oxygen atoms in total. The molecule has 1 aliphatic heterocycles. The third kappa shape index (κ3) is 7.73. The zero-order chi connectivity index (χ0) is 29.8. The molecule has 2 aromatic carbocycles. The zero-order valence-electron chi connectivity index (χ0n) is 21.8. The van der Waals surface area contributed by atoms with Gasteiger partial charge < -0.3 is 18.9 Å². The summed E-state index contributed by atoms with van der Waals surface area (Å²) in [7, 11) is 0. The minimum absolute atomic E-state index is 0.0864. The molecule has 0 bridgehead atoms. The molecular formula is C26H23Cl2F2N3O7S. The standard InChI is InChI=1S/C26H23Cl2F2N3O7S/c1-12(34)37-11-22-24(38-13(2)35)23(33-10-21(31-32-33)15-6-16(29)8-17(30)7-15)25(39-14(3)36)26(40-22)41-18-4-5-19(27)20(28)9-18/h4-10,22-26H,11H2,1-3H3/t22?,23-,24-,25?,26+/m0/s1. The highest BCUT2D eigenvalue weighted by Gasteiger charge is 2.52. The molecular weight excluding hydrogens is 607 g/mol. The van der Waals surface area contributed by atoms with Crippen LogP contribution in [0.1, 0.15) is 26.8 Å². The predicted octanol–water partition coefficient (Wildman–Crippen LogP) is 5.01. The monoisotopic (exact) mass is 629 g/mol. The fourth-order valence-corrected chi connectivity index (χ4v) is 5.73. The lowest BCUT2D eigenvalue weighted by Crippen LogP contribution is -2.57. The molecule has 1 aliphatic rings. The summed E-state index contributed by atoms with van der Waals surface area (Å²) in [5.41, 5.74) is -0.803. The van der Waals surface area contributed by atoms with E-state index in [1.54, 1.807) is 18.2 Å². The normalized spacial score (nSPS) is 22.2. The Morgan fingerprint density at radius 2 is 1.61 bits per heavy atom. The van der Waals surface area contributed by atoms with Gasteiger partial charge in [0.05, 0.1) is 16.2 Å². The van der Waals surface area contributed by atoms with Crippen LogP contribution in [0.2, 0.25) is 10.0 Å². The summed E-state index contributed by atoms with van der Waals surface area (Å²) in [6, 6.07) is 6.60. The highest BCUT2D eigenvalue weighted by atomic mass is 35.5. The molecule has 0 N–H and O–H groups in total. The van der Waals surface area contributed by atoms with Crippen LogP contribution in [-0.4, -0.2) is 63.3 Å². The Kier molecular flexibility index (Phi) is 9.84. The number of aromatic nitrogens is 3. The Balaban J connectivity index is 1.81. The second-order valence-electron chi connectivity index (χ2n) is 8.92. The van der Waals surface area contributed by atoms with Crippen LogP contribution < -0.4 is 0 Å². The Morgan fingerprint density at radius 3 is 2.22 bits per heavy atom. The minimum Gasteiger partial charge on any atom is -0.463 e. The highest BCUT2D eigenvalue weighted by molar-refractivity contribution is 7.99. The molecule has 0 saturated carbocycles. The number of ether oxygens (including phenoxy) is 4. The largest absolute Gasteiger partial charge is 0.463 e. The van der Waals surface area contributed by atoms with Crippen LogP contribution in [0.5, 0.6) is 0 Å². The molecule has 5 atom stereocenters. The third-order valence-electron chi connectivity index (χ3n) is 5.79. The summed E-state index contributed by atoms with van der Waals surface area (Å²) < 4.78 is 51.8. The molecule has 4 rings (SSSR count). The first kappa shape index (κ1) is 30.7. The van der Waals surface area contributed by atoms with Crippen LogP contribution in [0.4, 0.5) is 8.78 Å². The molecule has 0 spiro atoms. The van der Waals surface area contributed by atoms with Gasteiger partial charge in [-0.3, -0.25) is 14.4 Å². The van der Waals surface area contributed by atoms with Crippen molar-refractivity contribution in [3.63, 3.8) is 0 Å². The first-order valence-electron chi connectivity index (χ1n) is 12.0. The number of halogens is 4. The van der Waals surface area contributed by atoms with Crippen molar-refractivity contribution in [3.8, 4) is 11.3 Å². The van der Waals surface area contributed by atoms with Gasteiger partial charge in [0, 0.05) is 37.3 Å². The molecule has 3 aromatic rings. The van der Waals surface area contributed by atoms with E-state index >= 15 is 0 Å². The van der Waals surface area contributed by atoms with Crippen LogP contribution in [0.25, 0.3) is 11.3 Å². The number of hydrogen-bond acceptors (Lipinski definition) is 10. The minimum atomic E-state index is -1.21. The summed E-state index contributed by atoms with van der Waals surface area (Å²) in [6.07, 6.45) is -2.07. The van der Waals surface area contributed by atoms with E-state index in [0.717, 1.165) is 23.9 Å². The van der Waals surface area contributed by atoms with Gasteiger partial charge in [0.25, 0.3) is 0 Å². The molecule has 2 heterocycles. The number of benzene rings is 2. The maximum atomic E-state index is 13.9. The van der Waals surface area contributed by atoms with Crippen molar-refractivity contribution in [3.05, 3.63) is 64.3 Å². The second-order valence-corrected chi connectivity index (χ2v) is 10.9. The number of hydrogen-bond donors (Lipinski definition) is 0. The summed E-state index contributed by atoms with van der Waals surface area (Å²) >= 11 is 13.4. The van der Waals surface area contributed by atoms with Gasteiger partial charge >= 0.3 is 17.9 Å². The molecule has 1 fully saturated rings. The van der Waals surface area contributed by atoms with Crippen molar-refractivity contribution < 1.29 is 42.1 Å². The van der Waals surface area contributed by atoms with E-state index in [9.17, 15) is 23.2 Å². The van der Waals surface area contributed by atoms with E-state index in [-0.39, 0.29) is 22.9 Å². The summed E-state index contributed by atoms with van der Waals surface area (Å²) in [4.78, 5) is 36.7. The van der Waals surface area contributed by atoms with Crippen LogP contribution in [0.3, 0.4) is 0 Å². The molecule has 15 heteroatoms. The Bertz CT molecular complexity index is 1440. The first-order valence-corrected chi connectivity index (χ1v) is 13.7. The summed E-state index contributed by atoms with van der Waals surface area (Å²) in [5.74, 6) is -3.65. The summed E-state index contributed by atoms with van der Waals surface area (Å²) in [5, 5.41) is 8.74. The van der Waals surface area contributed by atoms with Crippen molar-refractivity contribution in [1.29, 1.82) is 0 Å². The molecule has 0 radical (unpaired) electrons. The zero-order valence-corrected chi connectivity index (χ0v) is 24.1. The van der Waals surface area contributed by atoms with Gasteiger partial charge in [-0.1, -0.05) is 40.2 Å². The first-order chi connectivity index (χ1) is 19.4.